The lowest BCUT2D eigenvalue weighted by Crippen LogP contribution is -2.58. The van der Waals surface area contributed by atoms with Crippen LogP contribution in [0.1, 0.15) is 45.6 Å². The summed E-state index contributed by atoms with van der Waals surface area (Å²) in [6.07, 6.45) is 5.94. The molecule has 1 aromatic heterocycles. The number of para-hydroxylation sites is 1. The van der Waals surface area contributed by atoms with Gasteiger partial charge in [-0.05, 0) is 60.8 Å². The zero-order valence-corrected chi connectivity index (χ0v) is 22.8. The number of aliphatic hydroxyl groups excluding tert-OH is 2. The Labute approximate surface area is 229 Å². The van der Waals surface area contributed by atoms with Crippen molar-refractivity contribution in [2.24, 2.45) is 29.1 Å². The molecule has 0 bridgehead atoms. The van der Waals surface area contributed by atoms with Crippen molar-refractivity contribution in [3.63, 3.8) is 0 Å². The van der Waals surface area contributed by atoms with Gasteiger partial charge in [0.15, 0.2) is 5.78 Å². The Kier molecular flexibility index (Phi) is 7.25. The van der Waals surface area contributed by atoms with Gasteiger partial charge < -0.3 is 20.5 Å². The first-order valence-electron chi connectivity index (χ1n) is 13.9. The number of amides is 1. The molecule has 0 unspecified atom stereocenters. The molecule has 8 atom stereocenters. The first kappa shape index (κ1) is 27.3. The summed E-state index contributed by atoms with van der Waals surface area (Å²) in [5.74, 6) is -2.71. The maximum atomic E-state index is 14.2. The summed E-state index contributed by atoms with van der Waals surface area (Å²) in [4.78, 5) is 44.4. The second kappa shape index (κ2) is 10.4. The number of aliphatic hydroxyl groups is 2. The highest BCUT2D eigenvalue weighted by atomic mass is 16.3. The number of H-pyrrole nitrogens is 1. The maximum Gasteiger partial charge on any atom is 0.235 e. The molecule has 2 heterocycles. The van der Waals surface area contributed by atoms with Crippen molar-refractivity contribution in [2.75, 3.05) is 0 Å². The van der Waals surface area contributed by atoms with Gasteiger partial charge in [-0.25, -0.2) is 0 Å². The van der Waals surface area contributed by atoms with Crippen molar-refractivity contribution in [3.8, 4) is 0 Å². The standard InChI is InChI=1S/C32H38N2O5/c1-17-8-7-10-23-30(38)20(4)19(3)28-25(15-21-16-33-24-11-6-5-9-22(21)24)34-31(39)32(23,28)27(36)13-12-26(35)29(37)18(2)14-17/h5-7,9-11,14,16-17,19,23,25-26,28,30,33,35,38H,4,8,12-13,15H2,1-3H3,(H,34,39)/b10-7+,18-14-/t17-,19+,23-,25-,26-,28-,30+,32+/m0/s1. The molecule has 1 saturated carbocycles. The Morgan fingerprint density at radius 1 is 1.13 bits per heavy atom. The SMILES string of the molecule is C=C1[C@@H](C)[C@H]2[C@H](Cc3c[nH]c4ccccc34)NC(=O)[C@]23C(=O)CC[C@H](O)C(=O)/C(C)=C\[C@@H](C)C/C=C/[C@H]3[C@@H]1O. The van der Waals surface area contributed by atoms with Crippen molar-refractivity contribution in [1.29, 1.82) is 0 Å². The van der Waals surface area contributed by atoms with E-state index in [-0.39, 0.29) is 36.5 Å². The van der Waals surface area contributed by atoms with Gasteiger partial charge in [-0.1, -0.05) is 56.9 Å². The molecule has 2 fully saturated rings. The number of carbonyl (C=O) groups is 3. The molecule has 7 nitrogen and oxygen atoms in total. The van der Waals surface area contributed by atoms with Gasteiger partial charge >= 0.3 is 0 Å². The molecule has 1 amide bonds. The van der Waals surface area contributed by atoms with Crippen LogP contribution in [0.2, 0.25) is 0 Å². The molecular weight excluding hydrogens is 492 g/mol. The van der Waals surface area contributed by atoms with Crippen LogP contribution in [0.15, 0.2) is 66.4 Å². The first-order chi connectivity index (χ1) is 18.6. The third kappa shape index (κ3) is 4.42. The lowest BCUT2D eigenvalue weighted by Gasteiger charge is -2.49. The number of aromatic amines is 1. The molecule has 2 aromatic rings. The van der Waals surface area contributed by atoms with Gasteiger partial charge in [0.25, 0.3) is 0 Å². The van der Waals surface area contributed by atoms with Crippen LogP contribution in [-0.2, 0) is 20.8 Å². The smallest absolute Gasteiger partial charge is 0.235 e. The predicted molar refractivity (Wildman–Crippen MR) is 150 cm³/mol. The monoisotopic (exact) mass is 530 g/mol. The van der Waals surface area contributed by atoms with E-state index in [4.69, 9.17) is 0 Å². The average molecular weight is 531 g/mol. The summed E-state index contributed by atoms with van der Waals surface area (Å²) in [5.41, 5.74) is 1.58. The van der Waals surface area contributed by atoms with Crippen LogP contribution in [0.4, 0.5) is 0 Å². The number of ketones is 2. The van der Waals surface area contributed by atoms with E-state index in [1.54, 1.807) is 6.92 Å². The molecule has 0 radical (unpaired) electrons. The Bertz CT molecular complexity index is 1390. The summed E-state index contributed by atoms with van der Waals surface area (Å²) >= 11 is 0. The van der Waals surface area contributed by atoms with E-state index < -0.39 is 41.1 Å². The van der Waals surface area contributed by atoms with Crippen LogP contribution in [0.25, 0.3) is 10.9 Å². The molecule has 206 valence electrons. The average Bonchev–Trinajstić information content (AvgIpc) is 3.45. The largest absolute Gasteiger partial charge is 0.388 e. The Balaban J connectivity index is 1.60. The number of allylic oxidation sites excluding steroid dienone is 2. The first-order valence-corrected chi connectivity index (χ1v) is 13.9. The van der Waals surface area contributed by atoms with E-state index in [9.17, 15) is 24.6 Å². The number of hydrogen-bond donors (Lipinski definition) is 4. The summed E-state index contributed by atoms with van der Waals surface area (Å²) in [6, 6.07) is 7.61. The second-order valence-electron chi connectivity index (χ2n) is 11.7. The van der Waals surface area contributed by atoms with Crippen molar-refractivity contribution in [1.82, 2.24) is 10.3 Å². The number of fused-ring (bicyclic) bond motifs is 1. The van der Waals surface area contributed by atoms with E-state index in [0.717, 1.165) is 16.5 Å². The van der Waals surface area contributed by atoms with Crippen LogP contribution in [-0.4, -0.2) is 50.9 Å². The van der Waals surface area contributed by atoms with Gasteiger partial charge in [-0.2, -0.15) is 0 Å². The third-order valence-electron chi connectivity index (χ3n) is 9.32. The minimum Gasteiger partial charge on any atom is -0.388 e. The molecule has 5 rings (SSSR count). The maximum absolute atomic E-state index is 14.2. The molecule has 4 N–H and O–H groups in total. The summed E-state index contributed by atoms with van der Waals surface area (Å²) in [7, 11) is 0. The van der Waals surface area contributed by atoms with Gasteiger partial charge in [-0.15, -0.1) is 0 Å². The van der Waals surface area contributed by atoms with E-state index in [1.807, 2.05) is 62.5 Å². The van der Waals surface area contributed by atoms with Crippen molar-refractivity contribution < 1.29 is 24.6 Å². The Morgan fingerprint density at radius 3 is 2.64 bits per heavy atom. The fourth-order valence-electron chi connectivity index (χ4n) is 7.30. The number of Topliss-reactive ketones (excluding diaryl/α,β-unsaturated/α-hetero) is 2. The van der Waals surface area contributed by atoms with Gasteiger partial charge in [-0.3, -0.25) is 14.4 Å². The number of aromatic nitrogens is 1. The number of nitrogens with one attached hydrogen (secondary N) is 2. The zero-order valence-electron chi connectivity index (χ0n) is 22.8. The number of rotatable bonds is 2. The topological polar surface area (TPSA) is 119 Å². The van der Waals surface area contributed by atoms with Crippen LogP contribution >= 0.6 is 0 Å². The lowest BCUT2D eigenvalue weighted by atomic mass is 9.51. The fourth-order valence-corrected chi connectivity index (χ4v) is 7.30. The molecule has 1 saturated heterocycles. The quantitative estimate of drug-likeness (QED) is 0.348. The minimum absolute atomic E-state index is 0.00418. The van der Waals surface area contributed by atoms with E-state index in [1.165, 1.54) is 0 Å². The highest BCUT2D eigenvalue weighted by Gasteiger charge is 2.68. The third-order valence-corrected chi connectivity index (χ3v) is 9.32. The van der Waals surface area contributed by atoms with Crippen molar-refractivity contribution in [2.45, 2.75) is 64.7 Å². The molecule has 1 spiro atoms. The van der Waals surface area contributed by atoms with E-state index in [2.05, 4.69) is 16.9 Å². The van der Waals surface area contributed by atoms with Gasteiger partial charge in [0.1, 0.15) is 17.3 Å². The molecule has 2 aliphatic carbocycles. The molecular formula is C32H38N2O5. The van der Waals surface area contributed by atoms with Gasteiger partial charge in [0, 0.05) is 41.4 Å². The van der Waals surface area contributed by atoms with Crippen molar-refractivity contribution in [3.05, 3.63) is 72.0 Å². The number of benzene rings is 1. The molecule has 7 heteroatoms. The Morgan fingerprint density at radius 2 is 1.87 bits per heavy atom. The lowest BCUT2D eigenvalue weighted by molar-refractivity contribution is -0.152. The van der Waals surface area contributed by atoms with Crippen LogP contribution in [0, 0.1) is 29.1 Å². The predicted octanol–water partition coefficient (Wildman–Crippen LogP) is 3.82. The second-order valence-corrected chi connectivity index (χ2v) is 11.7. The molecule has 1 aliphatic heterocycles. The summed E-state index contributed by atoms with van der Waals surface area (Å²) < 4.78 is 0. The molecule has 1 aromatic carbocycles. The normalized spacial score (nSPS) is 38.1. The number of carbonyl (C=O) groups excluding carboxylic acids is 3. The van der Waals surface area contributed by atoms with Crippen molar-refractivity contribution >= 4 is 28.4 Å². The van der Waals surface area contributed by atoms with Crippen LogP contribution < -0.4 is 5.32 Å². The molecule has 39 heavy (non-hydrogen) atoms. The highest BCUT2D eigenvalue weighted by molar-refractivity contribution is 6.09. The van der Waals surface area contributed by atoms with E-state index >= 15 is 0 Å². The summed E-state index contributed by atoms with van der Waals surface area (Å²) in [6.45, 7) is 9.79. The van der Waals surface area contributed by atoms with Crippen LogP contribution in [0.3, 0.4) is 0 Å². The van der Waals surface area contributed by atoms with Gasteiger partial charge in [0.2, 0.25) is 5.91 Å². The Hall–Kier alpha value is -3.29. The highest BCUT2D eigenvalue weighted by Crippen LogP contribution is 2.57. The fraction of sp³-hybridized carbons (Fsp3) is 0.469. The zero-order chi connectivity index (χ0) is 28.1. The minimum atomic E-state index is -1.53. The number of hydrogen-bond acceptors (Lipinski definition) is 5. The van der Waals surface area contributed by atoms with Crippen LogP contribution in [0.5, 0.6) is 0 Å². The van der Waals surface area contributed by atoms with Gasteiger partial charge in [0.05, 0.1) is 6.10 Å². The summed E-state index contributed by atoms with van der Waals surface area (Å²) in [5, 5.41) is 26.3. The molecule has 3 aliphatic rings. The van der Waals surface area contributed by atoms with E-state index in [0.29, 0.717) is 24.0 Å².